The van der Waals surface area contributed by atoms with E-state index in [1.807, 2.05) is 19.9 Å². The summed E-state index contributed by atoms with van der Waals surface area (Å²) in [4.78, 5) is 4.13. The van der Waals surface area contributed by atoms with Crippen LogP contribution in [0.3, 0.4) is 0 Å². The second-order valence-electron chi connectivity index (χ2n) is 5.11. The summed E-state index contributed by atoms with van der Waals surface area (Å²) < 4.78 is 21.3. The zero-order valence-corrected chi connectivity index (χ0v) is 13.1. The van der Waals surface area contributed by atoms with Crippen molar-refractivity contribution in [2.45, 2.75) is 33.0 Å². The minimum Gasteiger partial charge on any atom is -0.482 e. The third-order valence-corrected chi connectivity index (χ3v) is 3.47. The molecule has 4 nitrogen and oxygen atoms in total. The van der Waals surface area contributed by atoms with Gasteiger partial charge in [-0.15, -0.1) is 0 Å². The summed E-state index contributed by atoms with van der Waals surface area (Å²) in [6.45, 7) is 4.79. The molecular weight excluding hydrogens is 293 g/mol. The molecule has 0 aliphatic rings. The normalized spacial score (nSPS) is 11.1. The van der Waals surface area contributed by atoms with E-state index in [0.29, 0.717) is 23.6 Å². The van der Waals surface area contributed by atoms with Gasteiger partial charge in [0.15, 0.2) is 11.6 Å². The Kier molecular flexibility index (Phi) is 5.20. The van der Waals surface area contributed by atoms with Crippen molar-refractivity contribution >= 4 is 11.6 Å². The molecule has 6 heteroatoms. The van der Waals surface area contributed by atoms with E-state index >= 15 is 0 Å². The van der Waals surface area contributed by atoms with Gasteiger partial charge in [-0.05, 0) is 6.07 Å². The fraction of sp³-hybridized carbons (Fsp3) is 0.400. The third-order valence-electron chi connectivity index (χ3n) is 3.12. The van der Waals surface area contributed by atoms with Crippen LogP contribution in [0.2, 0.25) is 5.15 Å². The Bertz CT molecular complexity index is 613. The van der Waals surface area contributed by atoms with Crippen molar-refractivity contribution in [3.63, 3.8) is 0 Å². The van der Waals surface area contributed by atoms with E-state index in [1.165, 1.54) is 6.07 Å². The van der Waals surface area contributed by atoms with Crippen molar-refractivity contribution in [2.75, 3.05) is 0 Å². The smallest absolute Gasteiger partial charge is 0.165 e. The molecule has 0 aliphatic carbocycles. The van der Waals surface area contributed by atoms with Gasteiger partial charge < -0.3 is 14.6 Å². The number of benzene rings is 1. The highest BCUT2D eigenvalue weighted by molar-refractivity contribution is 6.29. The van der Waals surface area contributed by atoms with E-state index in [2.05, 4.69) is 10.3 Å². The quantitative estimate of drug-likeness (QED) is 0.890. The molecule has 0 radical (unpaired) electrons. The molecule has 1 N–H and O–H groups in total. The zero-order chi connectivity index (χ0) is 15.4. The van der Waals surface area contributed by atoms with Gasteiger partial charge in [-0.25, -0.2) is 9.37 Å². The van der Waals surface area contributed by atoms with Crippen LogP contribution in [0.25, 0.3) is 0 Å². The first-order valence-electron chi connectivity index (χ1n) is 6.78. The lowest BCUT2D eigenvalue weighted by Gasteiger charge is -2.14. The molecule has 0 spiro atoms. The van der Waals surface area contributed by atoms with Crippen LogP contribution >= 0.6 is 11.6 Å². The zero-order valence-electron chi connectivity index (χ0n) is 12.4. The highest BCUT2D eigenvalue weighted by Crippen LogP contribution is 2.24. The number of nitrogens with zero attached hydrogens (tertiary/aromatic N) is 2. The highest BCUT2D eigenvalue weighted by Gasteiger charge is 2.12. The first-order chi connectivity index (χ1) is 9.99. The van der Waals surface area contributed by atoms with Gasteiger partial charge in [0.05, 0.1) is 6.20 Å². The second-order valence-corrected chi connectivity index (χ2v) is 5.50. The third kappa shape index (κ3) is 3.95. The van der Waals surface area contributed by atoms with Gasteiger partial charge in [-0.2, -0.15) is 0 Å². The maximum absolute atomic E-state index is 14.0. The summed E-state index contributed by atoms with van der Waals surface area (Å²) >= 11 is 5.92. The summed E-state index contributed by atoms with van der Waals surface area (Å²) in [5.74, 6) is 0.522. The lowest BCUT2D eigenvalue weighted by atomic mass is 10.2. The lowest BCUT2D eigenvalue weighted by molar-refractivity contribution is 0.273. The molecule has 0 amide bonds. The molecule has 0 saturated heterocycles. The summed E-state index contributed by atoms with van der Waals surface area (Å²) in [5, 5.41) is 3.77. The molecule has 0 unspecified atom stereocenters. The highest BCUT2D eigenvalue weighted by atomic mass is 35.5. The molecule has 1 heterocycles. The Labute approximate surface area is 128 Å². The van der Waals surface area contributed by atoms with Crippen LogP contribution in [0.1, 0.15) is 25.2 Å². The number of para-hydroxylation sites is 1. The number of nitrogens with one attached hydrogen (secondary N) is 1. The van der Waals surface area contributed by atoms with Gasteiger partial charge in [0.1, 0.15) is 17.6 Å². The van der Waals surface area contributed by atoms with Gasteiger partial charge in [-0.1, -0.05) is 37.6 Å². The molecule has 21 heavy (non-hydrogen) atoms. The Balaban J connectivity index is 2.13. The van der Waals surface area contributed by atoms with Crippen molar-refractivity contribution < 1.29 is 9.13 Å². The van der Waals surface area contributed by atoms with E-state index in [0.717, 1.165) is 5.56 Å². The Morgan fingerprint density at radius 1 is 1.43 bits per heavy atom. The number of aromatic nitrogens is 2. The molecule has 0 fully saturated rings. The number of hydrogen-bond acceptors (Lipinski definition) is 3. The van der Waals surface area contributed by atoms with Crippen LogP contribution in [0.15, 0.2) is 24.4 Å². The Hall–Kier alpha value is -1.59. The van der Waals surface area contributed by atoms with Crippen molar-refractivity contribution in [3.05, 3.63) is 46.8 Å². The molecule has 0 aliphatic heterocycles. The maximum Gasteiger partial charge on any atom is 0.165 e. The molecule has 0 saturated carbocycles. The van der Waals surface area contributed by atoms with Crippen molar-refractivity contribution in [1.82, 2.24) is 14.9 Å². The first-order valence-corrected chi connectivity index (χ1v) is 7.16. The van der Waals surface area contributed by atoms with Gasteiger partial charge in [0, 0.05) is 25.2 Å². The van der Waals surface area contributed by atoms with Gasteiger partial charge in [0.2, 0.25) is 0 Å². The van der Waals surface area contributed by atoms with Crippen LogP contribution < -0.4 is 10.1 Å². The van der Waals surface area contributed by atoms with E-state index in [4.69, 9.17) is 16.3 Å². The average molecular weight is 312 g/mol. The topological polar surface area (TPSA) is 39.1 Å². The molecule has 0 bridgehead atoms. The lowest BCUT2D eigenvalue weighted by Crippen LogP contribution is -2.22. The van der Waals surface area contributed by atoms with Crippen molar-refractivity contribution in [2.24, 2.45) is 7.05 Å². The van der Waals surface area contributed by atoms with Gasteiger partial charge >= 0.3 is 0 Å². The maximum atomic E-state index is 14.0. The predicted molar refractivity (Wildman–Crippen MR) is 80.9 cm³/mol. The molecular formula is C15H19ClFN3O. The fourth-order valence-electron chi connectivity index (χ4n) is 1.86. The van der Waals surface area contributed by atoms with Crippen molar-refractivity contribution in [1.29, 1.82) is 0 Å². The number of imidazole rings is 1. The Morgan fingerprint density at radius 3 is 2.81 bits per heavy atom. The molecule has 1 aromatic carbocycles. The number of hydrogen-bond donors (Lipinski definition) is 1. The Morgan fingerprint density at radius 2 is 2.19 bits per heavy atom. The van der Waals surface area contributed by atoms with Crippen molar-refractivity contribution in [3.8, 4) is 5.75 Å². The first kappa shape index (κ1) is 15.8. The van der Waals surface area contributed by atoms with Crippen LogP contribution in [-0.4, -0.2) is 15.6 Å². The standard InChI is InChI=1S/C15H19ClFN3O/c1-10(2)18-7-11-5-4-6-12(17)15(11)21-9-14-19-8-13(16)20(14)3/h4-6,8,10,18H,7,9H2,1-3H3. The predicted octanol–water partition coefficient (Wildman–Crippen LogP) is 3.29. The summed E-state index contributed by atoms with van der Waals surface area (Å²) in [6, 6.07) is 5.23. The van der Waals surface area contributed by atoms with E-state index in [9.17, 15) is 4.39 Å². The SMILES string of the molecule is CC(C)NCc1cccc(F)c1OCc1ncc(Cl)n1C. The minimum absolute atomic E-state index is 0.166. The number of ether oxygens (including phenoxy) is 1. The molecule has 2 aromatic rings. The molecule has 2 rings (SSSR count). The largest absolute Gasteiger partial charge is 0.482 e. The van der Waals surface area contributed by atoms with Crippen LogP contribution in [0.5, 0.6) is 5.75 Å². The minimum atomic E-state index is -0.377. The van der Waals surface area contributed by atoms with Crippen LogP contribution in [0, 0.1) is 5.82 Å². The van der Waals surface area contributed by atoms with Crippen LogP contribution in [-0.2, 0) is 20.2 Å². The monoisotopic (exact) mass is 311 g/mol. The summed E-state index contributed by atoms with van der Waals surface area (Å²) in [7, 11) is 1.79. The number of halogens is 2. The van der Waals surface area contributed by atoms with Gasteiger partial charge in [-0.3, -0.25) is 0 Å². The van der Waals surface area contributed by atoms with Crippen LogP contribution in [0.4, 0.5) is 4.39 Å². The average Bonchev–Trinajstić information content (AvgIpc) is 2.75. The fourth-order valence-corrected chi connectivity index (χ4v) is 2.01. The van der Waals surface area contributed by atoms with E-state index in [-0.39, 0.29) is 18.2 Å². The molecule has 114 valence electrons. The summed E-state index contributed by atoms with van der Waals surface area (Å²) in [5.41, 5.74) is 0.781. The van der Waals surface area contributed by atoms with E-state index in [1.54, 1.807) is 23.9 Å². The molecule has 1 aromatic heterocycles. The second kappa shape index (κ2) is 6.91. The summed E-state index contributed by atoms with van der Waals surface area (Å²) in [6.07, 6.45) is 1.54. The van der Waals surface area contributed by atoms with Gasteiger partial charge in [0.25, 0.3) is 0 Å². The molecule has 0 atom stereocenters. The number of rotatable bonds is 6. The van der Waals surface area contributed by atoms with E-state index < -0.39 is 0 Å².